The van der Waals surface area contributed by atoms with Crippen molar-refractivity contribution < 1.29 is 13.4 Å². The second-order valence-electron chi connectivity index (χ2n) is 6.50. The van der Waals surface area contributed by atoms with Crippen LogP contribution in [0.1, 0.15) is 42.4 Å². The van der Waals surface area contributed by atoms with Crippen molar-refractivity contribution in [2.45, 2.75) is 44.6 Å². The Labute approximate surface area is 155 Å². The molecule has 0 amide bonds. The van der Waals surface area contributed by atoms with Crippen LogP contribution in [0.15, 0.2) is 27.2 Å². The molecular weight excluding hydrogens is 361 g/mol. The summed E-state index contributed by atoms with van der Waals surface area (Å²) in [7, 11) is 0. The van der Waals surface area contributed by atoms with E-state index < -0.39 is 5.54 Å². The monoisotopic (exact) mass is 379 g/mol. The number of halogens is 2. The Morgan fingerprint density at radius 2 is 1.81 bits per heavy atom. The number of aryl methyl sites for hydroxylation is 3. The third-order valence-electron chi connectivity index (χ3n) is 4.61. The molecule has 0 atom stereocenters. The van der Waals surface area contributed by atoms with Crippen molar-refractivity contribution in [1.29, 1.82) is 0 Å². The summed E-state index contributed by atoms with van der Waals surface area (Å²) in [4.78, 5) is 8.65. The minimum atomic E-state index is -0.436. The molecule has 2 aromatic heterocycles. The third-order valence-corrected chi connectivity index (χ3v) is 4.61. The van der Waals surface area contributed by atoms with Crippen molar-refractivity contribution in [3.63, 3.8) is 0 Å². The Balaban J connectivity index is 0.00000196. The molecule has 2 heterocycles. The van der Waals surface area contributed by atoms with E-state index in [1.807, 2.05) is 0 Å². The van der Waals surface area contributed by atoms with Gasteiger partial charge in [-0.25, -0.2) is 4.39 Å². The van der Waals surface area contributed by atoms with Crippen LogP contribution in [-0.2, 0) is 18.4 Å². The third kappa shape index (κ3) is 3.47. The molecule has 0 aliphatic heterocycles. The summed E-state index contributed by atoms with van der Waals surface area (Å²) in [6, 6.07) is 4.84. The Bertz CT molecular complexity index is 906. The summed E-state index contributed by atoms with van der Waals surface area (Å²) >= 11 is 0. The van der Waals surface area contributed by atoms with Crippen LogP contribution in [0.25, 0.3) is 11.4 Å². The fraction of sp³-hybridized carbons (Fsp3) is 0.412. The maximum absolute atomic E-state index is 13.6. The molecule has 0 spiro atoms. The summed E-state index contributed by atoms with van der Waals surface area (Å²) in [6.45, 7) is 1.70. The van der Waals surface area contributed by atoms with Gasteiger partial charge in [-0.2, -0.15) is 9.97 Å². The average molecular weight is 380 g/mol. The lowest BCUT2D eigenvalue weighted by Gasteiger charge is -2.34. The van der Waals surface area contributed by atoms with Crippen LogP contribution in [0.2, 0.25) is 0 Å². The van der Waals surface area contributed by atoms with Crippen molar-refractivity contribution >= 4 is 12.4 Å². The lowest BCUT2D eigenvalue weighted by Crippen LogP contribution is -2.44. The smallest absolute Gasteiger partial charge is 0.227 e. The van der Waals surface area contributed by atoms with Gasteiger partial charge in [-0.05, 0) is 37.8 Å². The number of rotatable bonds is 5. The molecule has 1 aliphatic rings. The van der Waals surface area contributed by atoms with Crippen LogP contribution in [0, 0.1) is 12.7 Å². The molecular formula is C17H19ClFN5O2. The number of hydrogen-bond donors (Lipinski definition) is 1. The van der Waals surface area contributed by atoms with Gasteiger partial charge in [0.05, 0.1) is 5.54 Å². The van der Waals surface area contributed by atoms with E-state index in [2.05, 4.69) is 20.3 Å². The van der Waals surface area contributed by atoms with E-state index in [0.29, 0.717) is 47.4 Å². The van der Waals surface area contributed by atoms with Crippen LogP contribution < -0.4 is 5.73 Å². The first-order chi connectivity index (χ1) is 12.0. The lowest BCUT2D eigenvalue weighted by atomic mass is 9.77. The quantitative estimate of drug-likeness (QED) is 0.726. The number of nitrogens with two attached hydrogens (primary N) is 1. The van der Waals surface area contributed by atoms with Crippen LogP contribution in [-0.4, -0.2) is 20.3 Å². The second-order valence-corrected chi connectivity index (χ2v) is 6.50. The zero-order valence-electron chi connectivity index (χ0n) is 14.2. The molecule has 0 bridgehead atoms. The zero-order chi connectivity index (χ0) is 17.4. The van der Waals surface area contributed by atoms with Gasteiger partial charge < -0.3 is 14.8 Å². The molecule has 1 saturated carbocycles. The standard InChI is InChI=1S/C17H18FN5O2.ClH/c1-10-3-4-11(9-12(10)18)15-20-13(24-22-15)5-6-14-21-16(23-25-14)17(19)7-2-8-17;/h3-4,9H,2,5-8,19H2,1H3;1H. The predicted molar refractivity (Wildman–Crippen MR) is 93.1 cm³/mol. The van der Waals surface area contributed by atoms with Gasteiger partial charge in [0, 0.05) is 18.4 Å². The summed E-state index contributed by atoms with van der Waals surface area (Å²) in [5.74, 6) is 1.55. The largest absolute Gasteiger partial charge is 0.339 e. The molecule has 4 rings (SSSR count). The molecule has 1 aliphatic carbocycles. The van der Waals surface area contributed by atoms with E-state index in [9.17, 15) is 4.39 Å². The Morgan fingerprint density at radius 3 is 2.46 bits per heavy atom. The summed E-state index contributed by atoms with van der Waals surface area (Å²) < 4.78 is 24.1. The minimum absolute atomic E-state index is 0. The van der Waals surface area contributed by atoms with Crippen molar-refractivity contribution in [2.24, 2.45) is 5.73 Å². The fourth-order valence-corrected chi connectivity index (χ4v) is 2.76. The number of aromatic nitrogens is 4. The Kier molecular flexibility index (Phi) is 5.06. The first-order valence-electron chi connectivity index (χ1n) is 8.24. The van der Waals surface area contributed by atoms with Crippen LogP contribution >= 0.6 is 12.4 Å². The van der Waals surface area contributed by atoms with Crippen molar-refractivity contribution in [3.05, 3.63) is 47.2 Å². The molecule has 0 saturated heterocycles. The number of benzene rings is 1. The summed E-state index contributed by atoms with van der Waals surface area (Å²) in [5.41, 5.74) is 6.89. The maximum Gasteiger partial charge on any atom is 0.227 e. The highest BCUT2D eigenvalue weighted by atomic mass is 35.5. The van der Waals surface area contributed by atoms with Gasteiger partial charge in [-0.1, -0.05) is 22.4 Å². The predicted octanol–water partition coefficient (Wildman–Crippen LogP) is 3.11. The number of hydrogen-bond acceptors (Lipinski definition) is 7. The minimum Gasteiger partial charge on any atom is -0.339 e. The molecule has 3 aromatic rings. The zero-order valence-corrected chi connectivity index (χ0v) is 15.1. The van der Waals surface area contributed by atoms with E-state index in [4.69, 9.17) is 14.8 Å². The van der Waals surface area contributed by atoms with Crippen LogP contribution in [0.4, 0.5) is 4.39 Å². The van der Waals surface area contributed by atoms with Gasteiger partial charge in [0.25, 0.3) is 0 Å². The van der Waals surface area contributed by atoms with E-state index in [1.54, 1.807) is 19.1 Å². The molecule has 1 aromatic carbocycles. The highest BCUT2D eigenvalue weighted by molar-refractivity contribution is 5.85. The topological polar surface area (TPSA) is 104 Å². The highest BCUT2D eigenvalue weighted by Gasteiger charge is 2.38. The van der Waals surface area contributed by atoms with Crippen molar-refractivity contribution in [3.8, 4) is 11.4 Å². The molecule has 1 fully saturated rings. The Morgan fingerprint density at radius 1 is 1.12 bits per heavy atom. The first-order valence-corrected chi connectivity index (χ1v) is 8.24. The second kappa shape index (κ2) is 7.13. The SMILES string of the molecule is Cc1ccc(-c2noc(CCc3nc(C4(N)CCC4)no3)n2)cc1F.Cl. The molecule has 9 heteroatoms. The van der Waals surface area contributed by atoms with Gasteiger partial charge in [-0.3, -0.25) is 0 Å². The molecule has 7 nitrogen and oxygen atoms in total. The normalized spacial score (nSPS) is 15.3. The highest BCUT2D eigenvalue weighted by Crippen LogP contribution is 2.36. The van der Waals surface area contributed by atoms with Gasteiger partial charge in [-0.15, -0.1) is 12.4 Å². The van der Waals surface area contributed by atoms with E-state index in [0.717, 1.165) is 19.3 Å². The molecule has 138 valence electrons. The van der Waals surface area contributed by atoms with Crippen LogP contribution in [0.3, 0.4) is 0 Å². The van der Waals surface area contributed by atoms with Gasteiger partial charge >= 0.3 is 0 Å². The van der Waals surface area contributed by atoms with Gasteiger partial charge in [0.2, 0.25) is 17.6 Å². The van der Waals surface area contributed by atoms with Crippen LogP contribution in [0.5, 0.6) is 0 Å². The van der Waals surface area contributed by atoms with E-state index in [1.165, 1.54) is 6.07 Å². The first kappa shape index (κ1) is 18.5. The number of nitrogens with zero attached hydrogens (tertiary/aromatic N) is 4. The van der Waals surface area contributed by atoms with Gasteiger partial charge in [0.1, 0.15) is 5.82 Å². The molecule has 26 heavy (non-hydrogen) atoms. The summed E-state index contributed by atoms with van der Waals surface area (Å²) in [6.07, 6.45) is 3.79. The summed E-state index contributed by atoms with van der Waals surface area (Å²) in [5, 5.41) is 7.87. The van der Waals surface area contributed by atoms with Gasteiger partial charge in [0.15, 0.2) is 5.82 Å². The maximum atomic E-state index is 13.6. The fourth-order valence-electron chi connectivity index (χ4n) is 2.76. The molecule has 0 radical (unpaired) electrons. The van der Waals surface area contributed by atoms with E-state index >= 15 is 0 Å². The molecule has 2 N–H and O–H groups in total. The van der Waals surface area contributed by atoms with Crippen molar-refractivity contribution in [2.75, 3.05) is 0 Å². The van der Waals surface area contributed by atoms with E-state index in [-0.39, 0.29) is 18.2 Å². The lowest BCUT2D eigenvalue weighted by molar-refractivity contribution is 0.229. The molecule has 0 unspecified atom stereocenters. The Hall–Kier alpha value is -2.32. The van der Waals surface area contributed by atoms with Crippen molar-refractivity contribution in [1.82, 2.24) is 20.3 Å². The average Bonchev–Trinajstić information content (AvgIpc) is 3.22.